The average molecular weight is 487 g/mol. The number of carbonyl (C=O) groups excluding carboxylic acids is 1. The van der Waals surface area contributed by atoms with Crippen LogP contribution in [0.3, 0.4) is 0 Å². The molecule has 3 rings (SSSR count). The van der Waals surface area contributed by atoms with Gasteiger partial charge in [0.05, 0.1) is 0 Å². The van der Waals surface area contributed by atoms with Crippen LogP contribution in [0.5, 0.6) is 0 Å². The van der Waals surface area contributed by atoms with Gasteiger partial charge in [-0.15, -0.1) is 5.69 Å². The summed E-state index contributed by atoms with van der Waals surface area (Å²) >= 11 is 0. The molecule has 0 radical (unpaired) electrons. The van der Waals surface area contributed by atoms with E-state index in [0.29, 0.717) is 22.6 Å². The Morgan fingerprint density at radius 1 is 0.971 bits per heavy atom. The second-order valence-corrected chi connectivity index (χ2v) is 7.71. The Bertz CT molecular complexity index is 1040. The Labute approximate surface area is 244 Å². The Kier molecular flexibility index (Phi) is 14.8. The topological polar surface area (TPSA) is 79.1 Å². The summed E-state index contributed by atoms with van der Waals surface area (Å²) in [4.78, 5) is 12.5. The minimum absolute atomic E-state index is 0. The van der Waals surface area contributed by atoms with Crippen molar-refractivity contribution in [1.29, 1.82) is 5.41 Å². The summed E-state index contributed by atoms with van der Waals surface area (Å²) in [6.07, 6.45) is 2.44. The number of amides is 1. The Morgan fingerprint density at radius 2 is 1.59 bits per heavy atom. The van der Waals surface area contributed by atoms with Gasteiger partial charge in [0.15, 0.2) is 0 Å². The molecule has 174 valence electrons. The van der Waals surface area contributed by atoms with E-state index in [2.05, 4.69) is 22.9 Å². The molecule has 0 heterocycles. The second kappa shape index (κ2) is 16.7. The summed E-state index contributed by atoms with van der Waals surface area (Å²) in [5.41, 5.74) is 3.54. The maximum Gasteiger partial charge on any atom is 1.00 e. The molecule has 0 atom stereocenters. The van der Waals surface area contributed by atoms with Crippen LogP contribution >= 0.6 is 0 Å². The van der Waals surface area contributed by atoms with Crippen LogP contribution in [0.2, 0.25) is 0 Å². The van der Waals surface area contributed by atoms with Gasteiger partial charge in [0, 0.05) is 23.5 Å². The molecular formula is C27H32FKN4O. The quantitative estimate of drug-likeness (QED) is 0.241. The summed E-state index contributed by atoms with van der Waals surface area (Å²) in [5, 5.41) is 17.3. The van der Waals surface area contributed by atoms with E-state index in [1.165, 1.54) is 18.9 Å². The number of aryl methyl sites for hydroxylation is 1. The molecule has 0 aliphatic rings. The van der Waals surface area contributed by atoms with Crippen LogP contribution in [-0.4, -0.2) is 24.7 Å². The SMILES string of the molecule is CCCCNCC(C)=N.Cc1ccc(NC(=O)c2ccccc2[N-]c2ccccc2F)cc1.[K+]. The maximum atomic E-state index is 13.8. The molecule has 0 aliphatic heterocycles. The predicted molar refractivity (Wildman–Crippen MR) is 136 cm³/mol. The Morgan fingerprint density at radius 3 is 2.21 bits per heavy atom. The van der Waals surface area contributed by atoms with Crippen molar-refractivity contribution in [1.82, 2.24) is 5.32 Å². The molecule has 3 aromatic rings. The van der Waals surface area contributed by atoms with Gasteiger partial charge in [0.1, 0.15) is 5.82 Å². The molecule has 0 fully saturated rings. The van der Waals surface area contributed by atoms with Gasteiger partial charge in [-0.25, -0.2) is 4.39 Å². The van der Waals surface area contributed by atoms with Gasteiger partial charge in [-0.1, -0.05) is 79.2 Å². The molecule has 1 amide bonds. The van der Waals surface area contributed by atoms with E-state index in [-0.39, 0.29) is 63.0 Å². The molecule has 7 heteroatoms. The monoisotopic (exact) mass is 486 g/mol. The number of nitrogens with zero attached hydrogens (tertiary/aromatic N) is 1. The number of nitrogens with one attached hydrogen (secondary N) is 3. The third-order valence-corrected chi connectivity index (χ3v) is 4.65. The first-order chi connectivity index (χ1) is 15.9. The van der Waals surface area contributed by atoms with E-state index in [1.54, 1.807) is 42.5 Å². The third-order valence-electron chi connectivity index (χ3n) is 4.65. The molecule has 0 spiro atoms. The summed E-state index contributed by atoms with van der Waals surface area (Å²) in [7, 11) is 0. The van der Waals surface area contributed by atoms with Crippen LogP contribution in [0.1, 0.15) is 42.6 Å². The molecule has 0 saturated heterocycles. The number of unbranched alkanes of at least 4 members (excludes halogenated alkanes) is 1. The van der Waals surface area contributed by atoms with Gasteiger partial charge >= 0.3 is 51.4 Å². The zero-order valence-electron chi connectivity index (χ0n) is 20.5. The number of carbonyl (C=O) groups is 1. The largest absolute Gasteiger partial charge is 1.00 e. The number of anilines is 1. The van der Waals surface area contributed by atoms with E-state index in [9.17, 15) is 9.18 Å². The van der Waals surface area contributed by atoms with E-state index in [1.807, 2.05) is 38.1 Å². The van der Waals surface area contributed by atoms with Crippen LogP contribution < -0.4 is 62.0 Å². The fourth-order valence-electron chi connectivity index (χ4n) is 2.85. The zero-order chi connectivity index (χ0) is 24.1. The van der Waals surface area contributed by atoms with Gasteiger partial charge in [0.25, 0.3) is 5.91 Å². The van der Waals surface area contributed by atoms with Gasteiger partial charge in [-0.2, -0.15) is 0 Å². The summed E-state index contributed by atoms with van der Waals surface area (Å²) in [6, 6.07) is 20.6. The van der Waals surface area contributed by atoms with Crippen molar-refractivity contribution in [2.45, 2.75) is 33.6 Å². The zero-order valence-corrected chi connectivity index (χ0v) is 23.6. The maximum absolute atomic E-state index is 13.8. The van der Waals surface area contributed by atoms with E-state index < -0.39 is 5.82 Å². The standard InChI is InChI=1S/C20H17FN2O.C7H16N2.K/c1-14-10-12-15(13-11-14)22-20(24)16-6-2-4-8-18(16)23-19-9-5-3-7-17(19)21;1-3-4-5-9-6-7(2)8;/h2-13H,1H3,(H2,22,23,24);8-9H,3-6H2,1-2H3;/q;;+1/p-1. The van der Waals surface area contributed by atoms with Crippen molar-refractivity contribution < 1.29 is 60.6 Å². The number of hydrogen-bond acceptors (Lipinski definition) is 3. The van der Waals surface area contributed by atoms with Crippen molar-refractivity contribution in [3.05, 3.63) is 95.1 Å². The minimum atomic E-state index is -0.425. The average Bonchev–Trinajstić information content (AvgIpc) is 2.80. The smallest absolute Gasteiger partial charge is 0.655 e. The van der Waals surface area contributed by atoms with Crippen molar-refractivity contribution in [3.63, 3.8) is 0 Å². The fraction of sp³-hybridized carbons (Fsp3) is 0.259. The molecule has 3 N–H and O–H groups in total. The third kappa shape index (κ3) is 11.0. The first kappa shape index (κ1) is 30.2. The second-order valence-electron chi connectivity index (χ2n) is 7.71. The van der Waals surface area contributed by atoms with Crippen molar-refractivity contribution in [3.8, 4) is 0 Å². The minimum Gasteiger partial charge on any atom is -0.655 e. The number of benzene rings is 3. The van der Waals surface area contributed by atoms with Gasteiger partial charge in [0.2, 0.25) is 0 Å². The molecule has 5 nitrogen and oxygen atoms in total. The molecular weight excluding hydrogens is 454 g/mol. The van der Waals surface area contributed by atoms with Crippen LogP contribution in [0.4, 0.5) is 21.5 Å². The fourth-order valence-corrected chi connectivity index (χ4v) is 2.85. The molecule has 0 unspecified atom stereocenters. The van der Waals surface area contributed by atoms with Gasteiger partial charge < -0.3 is 21.4 Å². The molecule has 0 aromatic heterocycles. The van der Waals surface area contributed by atoms with Crippen LogP contribution in [0.25, 0.3) is 5.32 Å². The molecule has 3 aromatic carbocycles. The summed E-state index contributed by atoms with van der Waals surface area (Å²) < 4.78 is 13.8. The predicted octanol–water partition coefficient (Wildman–Crippen LogP) is 4.14. The number of para-hydroxylation sites is 2. The van der Waals surface area contributed by atoms with Crippen LogP contribution in [0.15, 0.2) is 72.8 Å². The summed E-state index contributed by atoms with van der Waals surface area (Å²) in [6.45, 7) is 7.76. The van der Waals surface area contributed by atoms with Crippen LogP contribution in [0, 0.1) is 18.2 Å². The Balaban J connectivity index is 0.000000496. The first-order valence-corrected chi connectivity index (χ1v) is 11.1. The van der Waals surface area contributed by atoms with Crippen LogP contribution in [-0.2, 0) is 0 Å². The molecule has 34 heavy (non-hydrogen) atoms. The van der Waals surface area contributed by atoms with Crippen molar-refractivity contribution in [2.75, 3.05) is 18.4 Å². The van der Waals surface area contributed by atoms with E-state index in [4.69, 9.17) is 5.41 Å². The van der Waals surface area contributed by atoms with Gasteiger partial charge in [-0.05, 0) is 45.0 Å². The van der Waals surface area contributed by atoms with Gasteiger partial charge in [-0.3, -0.25) is 4.79 Å². The van der Waals surface area contributed by atoms with Crippen molar-refractivity contribution in [2.24, 2.45) is 0 Å². The normalized spacial score (nSPS) is 9.76. The molecule has 0 bridgehead atoms. The van der Waals surface area contributed by atoms with Crippen molar-refractivity contribution >= 4 is 28.7 Å². The van der Waals surface area contributed by atoms with E-state index in [0.717, 1.165) is 18.7 Å². The number of hydrogen-bond donors (Lipinski definition) is 3. The molecule has 0 aliphatic carbocycles. The first-order valence-electron chi connectivity index (χ1n) is 11.1. The number of halogens is 1. The summed E-state index contributed by atoms with van der Waals surface area (Å²) in [5.74, 6) is -0.708. The number of rotatable bonds is 9. The molecule has 0 saturated carbocycles. The Hall–Kier alpha value is -1.87. The van der Waals surface area contributed by atoms with E-state index >= 15 is 0 Å².